The van der Waals surface area contributed by atoms with Crippen LogP contribution >= 0.6 is 0 Å². The van der Waals surface area contributed by atoms with Crippen molar-refractivity contribution in [1.82, 2.24) is 10.2 Å². The number of carboxylic acid groups (broad SMARTS) is 1. The largest absolute Gasteiger partial charge is 0.480 e. The second-order valence-corrected chi connectivity index (χ2v) is 4.23. The van der Waals surface area contributed by atoms with E-state index in [1.165, 1.54) is 18.9 Å². The van der Waals surface area contributed by atoms with Gasteiger partial charge in [0.1, 0.15) is 6.04 Å². The van der Waals surface area contributed by atoms with Crippen LogP contribution in [0.3, 0.4) is 0 Å². The topological polar surface area (TPSA) is 69.6 Å². The number of nitrogens with zero attached hydrogens (tertiary/aromatic N) is 1. The lowest BCUT2D eigenvalue weighted by Crippen LogP contribution is -2.40. The van der Waals surface area contributed by atoms with E-state index in [9.17, 15) is 9.59 Å². The van der Waals surface area contributed by atoms with Crippen molar-refractivity contribution in [1.29, 1.82) is 0 Å². The lowest BCUT2D eigenvalue weighted by atomic mass is 10.2. The first kappa shape index (κ1) is 14.9. The molecule has 0 heterocycles. The molecular formula is C11H22N2O3. The van der Waals surface area contributed by atoms with Gasteiger partial charge in [-0.1, -0.05) is 13.8 Å². The lowest BCUT2D eigenvalue weighted by molar-refractivity contribution is -0.148. The summed E-state index contributed by atoms with van der Waals surface area (Å²) in [6.45, 7) is 6.37. The number of hydrogen-bond donors (Lipinski definition) is 2. The van der Waals surface area contributed by atoms with E-state index < -0.39 is 12.0 Å². The van der Waals surface area contributed by atoms with Gasteiger partial charge in [-0.3, -0.25) is 4.79 Å². The van der Waals surface area contributed by atoms with E-state index >= 15 is 0 Å². The zero-order valence-corrected chi connectivity index (χ0v) is 10.5. The number of nitrogens with one attached hydrogen (secondary N) is 1. The molecule has 0 saturated heterocycles. The number of carbonyl (C=O) groups excluding carboxylic acids is 1. The summed E-state index contributed by atoms with van der Waals surface area (Å²) < 4.78 is 0. The maximum Gasteiger partial charge on any atom is 0.326 e. The van der Waals surface area contributed by atoms with Crippen molar-refractivity contribution in [2.75, 3.05) is 13.6 Å². The molecule has 2 N–H and O–H groups in total. The summed E-state index contributed by atoms with van der Waals surface area (Å²) in [6.07, 6.45) is 1.11. The zero-order valence-electron chi connectivity index (χ0n) is 10.5. The molecule has 0 aliphatic rings. The smallest absolute Gasteiger partial charge is 0.326 e. The maximum absolute atomic E-state index is 11.6. The summed E-state index contributed by atoms with van der Waals surface area (Å²) in [7, 11) is 1.52. The summed E-state index contributed by atoms with van der Waals surface area (Å²) in [6, 6.07) is -0.351. The number of carboxylic acids is 1. The molecule has 0 aromatic heterocycles. The third-order valence-electron chi connectivity index (χ3n) is 2.45. The van der Waals surface area contributed by atoms with Crippen molar-refractivity contribution in [3.05, 3.63) is 0 Å². The van der Waals surface area contributed by atoms with E-state index in [1.54, 1.807) is 0 Å². The standard InChI is InChI=1S/C11H22N2O3/c1-8(2)12-7-5-6-10(14)13(4)9(3)11(15)16/h8-9,12H,5-7H2,1-4H3,(H,15,16). The van der Waals surface area contributed by atoms with E-state index in [0.29, 0.717) is 12.5 Å². The molecular weight excluding hydrogens is 208 g/mol. The van der Waals surface area contributed by atoms with E-state index in [-0.39, 0.29) is 5.91 Å². The van der Waals surface area contributed by atoms with Gasteiger partial charge in [0.25, 0.3) is 0 Å². The van der Waals surface area contributed by atoms with Crippen LogP contribution in [0.15, 0.2) is 0 Å². The zero-order chi connectivity index (χ0) is 12.7. The highest BCUT2D eigenvalue weighted by molar-refractivity contribution is 5.83. The Hall–Kier alpha value is -1.10. The molecule has 0 aromatic rings. The molecule has 0 bridgehead atoms. The van der Waals surface area contributed by atoms with Gasteiger partial charge in [0.2, 0.25) is 5.91 Å². The highest BCUT2D eigenvalue weighted by atomic mass is 16.4. The molecule has 1 amide bonds. The Labute approximate surface area is 96.8 Å². The van der Waals surface area contributed by atoms with Gasteiger partial charge in [0.15, 0.2) is 0 Å². The molecule has 0 aliphatic heterocycles. The minimum atomic E-state index is -0.976. The highest BCUT2D eigenvalue weighted by Crippen LogP contribution is 2.01. The Kier molecular flexibility index (Phi) is 6.72. The van der Waals surface area contributed by atoms with Crippen LogP contribution in [-0.2, 0) is 9.59 Å². The fraction of sp³-hybridized carbons (Fsp3) is 0.818. The fourth-order valence-corrected chi connectivity index (χ4v) is 1.19. The third-order valence-corrected chi connectivity index (χ3v) is 2.45. The molecule has 94 valence electrons. The molecule has 1 unspecified atom stereocenters. The van der Waals surface area contributed by atoms with E-state index in [2.05, 4.69) is 5.32 Å². The fourth-order valence-electron chi connectivity index (χ4n) is 1.19. The number of hydrogen-bond acceptors (Lipinski definition) is 3. The normalized spacial score (nSPS) is 12.6. The van der Waals surface area contributed by atoms with Crippen LogP contribution in [0, 0.1) is 0 Å². The monoisotopic (exact) mass is 230 g/mol. The maximum atomic E-state index is 11.6. The average Bonchev–Trinajstić information content (AvgIpc) is 2.21. The number of amides is 1. The number of likely N-dealkylation sites (N-methyl/N-ethyl adjacent to an activating group) is 1. The summed E-state index contributed by atoms with van der Waals surface area (Å²) in [5, 5.41) is 11.9. The molecule has 0 aromatic carbocycles. The van der Waals surface area contributed by atoms with Crippen molar-refractivity contribution in [3.63, 3.8) is 0 Å². The van der Waals surface area contributed by atoms with Crippen LogP contribution in [0.2, 0.25) is 0 Å². The SMILES string of the molecule is CC(C)NCCCC(=O)N(C)C(C)C(=O)O. The van der Waals surface area contributed by atoms with Gasteiger partial charge in [-0.15, -0.1) is 0 Å². The molecule has 0 spiro atoms. The third kappa shape index (κ3) is 5.70. The Bertz CT molecular complexity index is 241. The second-order valence-electron chi connectivity index (χ2n) is 4.23. The lowest BCUT2D eigenvalue weighted by Gasteiger charge is -2.21. The predicted octanol–water partition coefficient (Wildman–Crippen LogP) is 0.696. The summed E-state index contributed by atoms with van der Waals surface area (Å²) in [4.78, 5) is 23.5. The van der Waals surface area contributed by atoms with Gasteiger partial charge >= 0.3 is 5.97 Å². The first-order valence-electron chi connectivity index (χ1n) is 5.58. The number of aliphatic carboxylic acids is 1. The quantitative estimate of drug-likeness (QED) is 0.632. The van der Waals surface area contributed by atoms with Gasteiger partial charge in [0, 0.05) is 19.5 Å². The molecule has 0 radical (unpaired) electrons. The van der Waals surface area contributed by atoms with Crippen LogP contribution in [0.25, 0.3) is 0 Å². The van der Waals surface area contributed by atoms with Crippen molar-refractivity contribution in [3.8, 4) is 0 Å². The van der Waals surface area contributed by atoms with E-state index in [1.807, 2.05) is 13.8 Å². The highest BCUT2D eigenvalue weighted by Gasteiger charge is 2.20. The first-order chi connectivity index (χ1) is 7.36. The Morgan fingerprint density at radius 3 is 2.31 bits per heavy atom. The van der Waals surface area contributed by atoms with Crippen LogP contribution in [-0.4, -0.2) is 47.6 Å². The van der Waals surface area contributed by atoms with Gasteiger partial charge in [-0.2, -0.15) is 0 Å². The molecule has 5 heteroatoms. The summed E-state index contributed by atoms with van der Waals surface area (Å²) in [5.41, 5.74) is 0. The van der Waals surface area contributed by atoms with Crippen LogP contribution in [0.1, 0.15) is 33.6 Å². The molecule has 1 atom stereocenters. The van der Waals surface area contributed by atoms with Crippen molar-refractivity contribution < 1.29 is 14.7 Å². The molecule has 16 heavy (non-hydrogen) atoms. The minimum absolute atomic E-state index is 0.125. The Balaban J connectivity index is 3.84. The first-order valence-corrected chi connectivity index (χ1v) is 5.58. The summed E-state index contributed by atoms with van der Waals surface area (Å²) in [5.74, 6) is -1.10. The van der Waals surface area contributed by atoms with Crippen LogP contribution in [0.4, 0.5) is 0 Å². The van der Waals surface area contributed by atoms with E-state index in [0.717, 1.165) is 13.0 Å². The van der Waals surface area contributed by atoms with Crippen molar-refractivity contribution in [2.45, 2.75) is 45.7 Å². The van der Waals surface area contributed by atoms with Gasteiger partial charge in [-0.25, -0.2) is 4.79 Å². The summed E-state index contributed by atoms with van der Waals surface area (Å²) >= 11 is 0. The minimum Gasteiger partial charge on any atom is -0.480 e. The molecule has 0 rings (SSSR count). The van der Waals surface area contributed by atoms with Crippen molar-refractivity contribution in [2.24, 2.45) is 0 Å². The van der Waals surface area contributed by atoms with E-state index in [4.69, 9.17) is 5.11 Å². The van der Waals surface area contributed by atoms with Crippen molar-refractivity contribution >= 4 is 11.9 Å². The molecule has 5 nitrogen and oxygen atoms in total. The molecule has 0 aliphatic carbocycles. The number of carbonyl (C=O) groups is 2. The van der Waals surface area contributed by atoms with Crippen LogP contribution < -0.4 is 5.32 Å². The van der Waals surface area contributed by atoms with Crippen LogP contribution in [0.5, 0.6) is 0 Å². The average molecular weight is 230 g/mol. The molecule has 0 saturated carbocycles. The number of rotatable bonds is 7. The van der Waals surface area contributed by atoms with Gasteiger partial charge in [0.05, 0.1) is 0 Å². The Morgan fingerprint density at radius 2 is 1.88 bits per heavy atom. The Morgan fingerprint density at radius 1 is 1.31 bits per heavy atom. The second kappa shape index (κ2) is 7.22. The van der Waals surface area contributed by atoms with Gasteiger partial charge in [-0.05, 0) is 19.9 Å². The van der Waals surface area contributed by atoms with Gasteiger partial charge < -0.3 is 15.3 Å². The molecule has 0 fully saturated rings. The predicted molar refractivity (Wildman–Crippen MR) is 62.2 cm³/mol.